The SMILES string of the molecule is COC(=O)[C@@]1(c2ccccc2)N[C@@H](c2ccccc2C)[C@H]2C(=O)N(c3ccc(F)cc3)C(=O)[C@H]21. The van der Waals surface area contributed by atoms with Crippen LogP contribution < -0.4 is 10.2 Å². The Bertz CT molecular complexity index is 1280. The molecule has 1 N–H and O–H groups in total. The molecule has 0 radical (unpaired) electrons. The van der Waals surface area contributed by atoms with Crippen LogP contribution in [0.1, 0.15) is 22.7 Å². The Balaban J connectivity index is 1.74. The predicted octanol–water partition coefficient (Wildman–Crippen LogP) is 3.65. The zero-order valence-corrected chi connectivity index (χ0v) is 18.7. The maximum atomic E-state index is 13.9. The summed E-state index contributed by atoms with van der Waals surface area (Å²) in [5, 5.41) is 3.37. The average Bonchev–Trinajstić information content (AvgIpc) is 3.34. The van der Waals surface area contributed by atoms with Crippen LogP contribution in [0.5, 0.6) is 0 Å². The second-order valence-corrected chi connectivity index (χ2v) is 8.64. The van der Waals surface area contributed by atoms with E-state index in [9.17, 15) is 18.8 Å². The molecule has 0 spiro atoms. The fraction of sp³-hybridized carbons (Fsp3) is 0.222. The van der Waals surface area contributed by atoms with Gasteiger partial charge in [-0.15, -0.1) is 0 Å². The summed E-state index contributed by atoms with van der Waals surface area (Å²) in [5.74, 6) is -4.01. The monoisotopic (exact) mass is 458 g/mol. The van der Waals surface area contributed by atoms with Gasteiger partial charge in [0, 0.05) is 6.04 Å². The second kappa shape index (κ2) is 8.18. The highest BCUT2D eigenvalue weighted by atomic mass is 19.1. The van der Waals surface area contributed by atoms with Crippen molar-refractivity contribution in [3.63, 3.8) is 0 Å². The fourth-order valence-electron chi connectivity index (χ4n) is 5.39. The lowest BCUT2D eigenvalue weighted by Gasteiger charge is -2.33. The van der Waals surface area contributed by atoms with Crippen LogP contribution in [0.25, 0.3) is 0 Å². The molecule has 3 aromatic rings. The molecule has 2 saturated heterocycles. The van der Waals surface area contributed by atoms with E-state index in [1.807, 2.05) is 37.3 Å². The van der Waals surface area contributed by atoms with Crippen molar-refractivity contribution in [2.24, 2.45) is 11.8 Å². The highest BCUT2D eigenvalue weighted by Crippen LogP contribution is 2.54. The van der Waals surface area contributed by atoms with Crippen LogP contribution in [0.4, 0.5) is 10.1 Å². The molecular weight excluding hydrogens is 435 g/mol. The van der Waals surface area contributed by atoms with Crippen molar-refractivity contribution in [1.29, 1.82) is 0 Å². The molecule has 2 amide bonds. The van der Waals surface area contributed by atoms with E-state index in [2.05, 4.69) is 5.32 Å². The van der Waals surface area contributed by atoms with Gasteiger partial charge < -0.3 is 4.74 Å². The smallest absolute Gasteiger partial charge is 0.331 e. The number of nitrogens with zero attached hydrogens (tertiary/aromatic N) is 1. The number of hydrogen-bond donors (Lipinski definition) is 1. The number of fused-ring (bicyclic) bond motifs is 1. The molecule has 5 rings (SSSR count). The minimum Gasteiger partial charge on any atom is -0.467 e. The highest BCUT2D eigenvalue weighted by Gasteiger charge is 2.69. The molecule has 34 heavy (non-hydrogen) atoms. The highest BCUT2D eigenvalue weighted by molar-refractivity contribution is 6.24. The number of esters is 1. The summed E-state index contributed by atoms with van der Waals surface area (Å²) >= 11 is 0. The number of carbonyl (C=O) groups is 3. The number of amides is 2. The van der Waals surface area contributed by atoms with Crippen LogP contribution >= 0.6 is 0 Å². The number of rotatable bonds is 4. The molecule has 6 nitrogen and oxygen atoms in total. The minimum absolute atomic E-state index is 0.265. The van der Waals surface area contributed by atoms with Gasteiger partial charge in [-0.1, -0.05) is 54.6 Å². The van der Waals surface area contributed by atoms with Gasteiger partial charge in [0.1, 0.15) is 5.82 Å². The Hall–Kier alpha value is -3.84. The van der Waals surface area contributed by atoms with Crippen LogP contribution in [0.2, 0.25) is 0 Å². The Morgan fingerprint density at radius 3 is 2.24 bits per heavy atom. The number of nitrogens with one attached hydrogen (secondary N) is 1. The van der Waals surface area contributed by atoms with Gasteiger partial charge >= 0.3 is 5.97 Å². The Kier molecular flexibility index (Phi) is 5.29. The number of carbonyl (C=O) groups excluding carboxylic acids is 3. The number of imide groups is 1. The number of benzene rings is 3. The van der Waals surface area contributed by atoms with Crippen molar-refractivity contribution >= 4 is 23.5 Å². The van der Waals surface area contributed by atoms with Gasteiger partial charge in [0.2, 0.25) is 11.8 Å². The molecule has 2 heterocycles. The van der Waals surface area contributed by atoms with E-state index < -0.39 is 47.0 Å². The van der Waals surface area contributed by atoms with Crippen molar-refractivity contribution < 1.29 is 23.5 Å². The summed E-state index contributed by atoms with van der Waals surface area (Å²) < 4.78 is 18.8. The van der Waals surface area contributed by atoms with E-state index in [0.29, 0.717) is 5.56 Å². The number of aryl methyl sites for hydroxylation is 1. The summed E-state index contributed by atoms with van der Waals surface area (Å²) in [4.78, 5) is 42.3. The third kappa shape index (κ3) is 3.08. The third-order valence-corrected chi connectivity index (χ3v) is 6.90. The van der Waals surface area contributed by atoms with Gasteiger partial charge in [0.05, 0.1) is 24.6 Å². The molecule has 7 heteroatoms. The van der Waals surface area contributed by atoms with Gasteiger partial charge in [-0.05, 0) is 47.9 Å². The lowest BCUT2D eigenvalue weighted by molar-refractivity contribution is -0.152. The number of halogens is 1. The van der Waals surface area contributed by atoms with Crippen LogP contribution in [0, 0.1) is 24.6 Å². The van der Waals surface area contributed by atoms with E-state index in [1.54, 1.807) is 24.3 Å². The summed E-state index contributed by atoms with van der Waals surface area (Å²) in [6.45, 7) is 1.92. The quantitative estimate of drug-likeness (QED) is 0.477. The zero-order valence-electron chi connectivity index (χ0n) is 18.7. The van der Waals surface area contributed by atoms with Gasteiger partial charge in [-0.2, -0.15) is 0 Å². The molecule has 3 aromatic carbocycles. The summed E-state index contributed by atoms with van der Waals surface area (Å²) in [7, 11) is 1.27. The largest absolute Gasteiger partial charge is 0.467 e. The number of anilines is 1. The van der Waals surface area contributed by atoms with Gasteiger partial charge in [-0.3, -0.25) is 14.9 Å². The summed E-state index contributed by atoms with van der Waals surface area (Å²) in [5.41, 5.74) is 0.972. The molecule has 2 aliphatic rings. The first-order chi connectivity index (χ1) is 16.4. The van der Waals surface area contributed by atoms with E-state index >= 15 is 0 Å². The maximum Gasteiger partial charge on any atom is 0.331 e. The molecule has 0 saturated carbocycles. The minimum atomic E-state index is -1.57. The summed E-state index contributed by atoms with van der Waals surface area (Å²) in [6, 6.07) is 21.0. The van der Waals surface area contributed by atoms with E-state index in [4.69, 9.17) is 4.74 Å². The molecular formula is C27H23FN2O4. The lowest BCUT2D eigenvalue weighted by atomic mass is 9.75. The van der Waals surface area contributed by atoms with Crippen molar-refractivity contribution in [3.05, 3.63) is 101 Å². The normalized spacial score (nSPS) is 26.0. The van der Waals surface area contributed by atoms with Crippen LogP contribution in [-0.4, -0.2) is 24.9 Å². The molecule has 0 unspecified atom stereocenters. The van der Waals surface area contributed by atoms with Crippen molar-refractivity contribution in [3.8, 4) is 0 Å². The first-order valence-corrected chi connectivity index (χ1v) is 11.0. The topological polar surface area (TPSA) is 75.7 Å². The van der Waals surface area contributed by atoms with E-state index in [1.165, 1.54) is 31.4 Å². The molecule has 172 valence electrons. The molecule has 0 aromatic heterocycles. The molecule has 2 aliphatic heterocycles. The van der Waals surface area contributed by atoms with Gasteiger partial charge in [0.25, 0.3) is 0 Å². The van der Waals surface area contributed by atoms with Crippen molar-refractivity contribution in [1.82, 2.24) is 5.32 Å². The first kappa shape index (κ1) is 22.0. The standard InChI is InChI=1S/C27H23FN2O4/c1-16-8-6-7-11-20(16)23-21-22(25(32)30(24(21)31)19-14-12-18(28)13-15-19)27(29-23,26(33)34-2)17-9-4-3-5-10-17/h3-15,21-23,29H,1-2H3/t21-,22-,23-,27-/m0/s1. The van der Waals surface area contributed by atoms with Crippen molar-refractivity contribution in [2.45, 2.75) is 18.5 Å². The number of hydrogen-bond acceptors (Lipinski definition) is 5. The average molecular weight is 458 g/mol. The Labute approximate surface area is 196 Å². The zero-order chi connectivity index (χ0) is 24.0. The first-order valence-electron chi connectivity index (χ1n) is 11.0. The van der Waals surface area contributed by atoms with Crippen LogP contribution in [0.15, 0.2) is 78.9 Å². The van der Waals surface area contributed by atoms with E-state index in [0.717, 1.165) is 16.0 Å². The Morgan fingerprint density at radius 2 is 1.59 bits per heavy atom. The second-order valence-electron chi connectivity index (χ2n) is 8.64. The number of ether oxygens (including phenoxy) is 1. The third-order valence-electron chi connectivity index (χ3n) is 6.90. The molecule has 0 aliphatic carbocycles. The van der Waals surface area contributed by atoms with Crippen LogP contribution in [0.3, 0.4) is 0 Å². The van der Waals surface area contributed by atoms with E-state index in [-0.39, 0.29) is 5.69 Å². The lowest BCUT2D eigenvalue weighted by Crippen LogP contribution is -2.53. The van der Waals surface area contributed by atoms with Gasteiger partial charge in [0.15, 0.2) is 5.54 Å². The summed E-state index contributed by atoms with van der Waals surface area (Å²) in [6.07, 6.45) is 0. The number of methoxy groups -OCH3 is 1. The van der Waals surface area contributed by atoms with Crippen molar-refractivity contribution in [2.75, 3.05) is 12.0 Å². The predicted molar refractivity (Wildman–Crippen MR) is 123 cm³/mol. The molecule has 4 atom stereocenters. The van der Waals surface area contributed by atoms with Crippen LogP contribution in [-0.2, 0) is 24.7 Å². The molecule has 0 bridgehead atoms. The maximum absolute atomic E-state index is 13.9. The van der Waals surface area contributed by atoms with Gasteiger partial charge in [-0.25, -0.2) is 14.1 Å². The fourth-order valence-corrected chi connectivity index (χ4v) is 5.39. The Morgan fingerprint density at radius 1 is 0.941 bits per heavy atom. The molecule has 2 fully saturated rings.